The second-order valence-corrected chi connectivity index (χ2v) is 7.00. The van der Waals surface area contributed by atoms with Gasteiger partial charge in [-0.1, -0.05) is 30.3 Å². The summed E-state index contributed by atoms with van der Waals surface area (Å²) in [5.41, 5.74) is 2.11. The van der Waals surface area contributed by atoms with Crippen LogP contribution in [0.15, 0.2) is 60.9 Å². The van der Waals surface area contributed by atoms with Crippen LogP contribution in [-0.2, 0) is 11.3 Å². The SMILES string of the molecule is CC(=O)N1CCN(c2cc(NCc3ccncc3)nc(-c3ccccc3)n2)CC1. The van der Waals surface area contributed by atoms with Gasteiger partial charge >= 0.3 is 0 Å². The van der Waals surface area contributed by atoms with Gasteiger partial charge in [-0.05, 0) is 17.7 Å². The lowest BCUT2D eigenvalue weighted by molar-refractivity contribution is -0.129. The zero-order valence-corrected chi connectivity index (χ0v) is 16.5. The highest BCUT2D eigenvalue weighted by Crippen LogP contribution is 2.23. The van der Waals surface area contributed by atoms with Crippen LogP contribution in [0.2, 0.25) is 0 Å². The first-order chi connectivity index (χ1) is 14.2. The smallest absolute Gasteiger partial charge is 0.219 e. The molecule has 0 saturated carbocycles. The van der Waals surface area contributed by atoms with Crippen molar-refractivity contribution in [3.8, 4) is 11.4 Å². The lowest BCUT2D eigenvalue weighted by Gasteiger charge is -2.35. The molecule has 3 aromatic rings. The van der Waals surface area contributed by atoms with E-state index in [9.17, 15) is 4.79 Å². The van der Waals surface area contributed by atoms with Crippen LogP contribution >= 0.6 is 0 Å². The molecule has 0 aliphatic carbocycles. The summed E-state index contributed by atoms with van der Waals surface area (Å²) in [6.07, 6.45) is 3.57. The molecule has 1 aliphatic rings. The van der Waals surface area contributed by atoms with E-state index >= 15 is 0 Å². The first kappa shape index (κ1) is 18.9. The Morgan fingerprint density at radius 3 is 2.41 bits per heavy atom. The van der Waals surface area contributed by atoms with Gasteiger partial charge in [0.1, 0.15) is 11.6 Å². The normalized spacial score (nSPS) is 14.0. The Kier molecular flexibility index (Phi) is 5.65. The summed E-state index contributed by atoms with van der Waals surface area (Å²) in [6, 6.07) is 15.9. The van der Waals surface area contributed by atoms with Crippen LogP contribution in [0.5, 0.6) is 0 Å². The predicted octanol–water partition coefficient (Wildman–Crippen LogP) is 2.82. The second-order valence-electron chi connectivity index (χ2n) is 7.00. The van der Waals surface area contributed by atoms with E-state index in [0.717, 1.165) is 35.9 Å². The van der Waals surface area contributed by atoms with Gasteiger partial charge in [-0.25, -0.2) is 9.97 Å². The number of rotatable bonds is 5. The van der Waals surface area contributed by atoms with Gasteiger partial charge in [-0.3, -0.25) is 9.78 Å². The van der Waals surface area contributed by atoms with Crippen molar-refractivity contribution in [2.24, 2.45) is 0 Å². The molecular weight excluding hydrogens is 364 g/mol. The van der Waals surface area contributed by atoms with Crippen LogP contribution in [0.3, 0.4) is 0 Å². The third-order valence-electron chi connectivity index (χ3n) is 5.02. The second kappa shape index (κ2) is 8.68. The summed E-state index contributed by atoms with van der Waals surface area (Å²) >= 11 is 0. The van der Waals surface area contributed by atoms with Crippen molar-refractivity contribution in [3.63, 3.8) is 0 Å². The predicted molar refractivity (Wildman–Crippen MR) is 113 cm³/mol. The van der Waals surface area contributed by atoms with Crippen molar-refractivity contribution in [1.29, 1.82) is 0 Å². The molecule has 1 aromatic carbocycles. The fraction of sp³-hybridized carbons (Fsp3) is 0.273. The third-order valence-corrected chi connectivity index (χ3v) is 5.02. The number of pyridine rings is 1. The van der Waals surface area contributed by atoms with Gasteiger partial charge in [0.25, 0.3) is 0 Å². The molecule has 0 spiro atoms. The van der Waals surface area contributed by atoms with Gasteiger partial charge in [0.15, 0.2) is 5.82 Å². The monoisotopic (exact) mass is 388 g/mol. The van der Waals surface area contributed by atoms with E-state index in [2.05, 4.69) is 15.2 Å². The molecule has 148 valence electrons. The lowest BCUT2D eigenvalue weighted by Crippen LogP contribution is -2.48. The zero-order valence-electron chi connectivity index (χ0n) is 16.5. The highest BCUT2D eigenvalue weighted by Gasteiger charge is 2.21. The van der Waals surface area contributed by atoms with Crippen molar-refractivity contribution in [2.75, 3.05) is 36.4 Å². The van der Waals surface area contributed by atoms with Crippen molar-refractivity contribution < 1.29 is 4.79 Å². The van der Waals surface area contributed by atoms with E-state index in [1.165, 1.54) is 0 Å². The molecule has 7 heteroatoms. The Hall–Kier alpha value is -3.48. The number of anilines is 2. The topological polar surface area (TPSA) is 74.2 Å². The van der Waals surface area contributed by atoms with E-state index in [4.69, 9.17) is 9.97 Å². The Morgan fingerprint density at radius 2 is 1.72 bits per heavy atom. The number of carbonyl (C=O) groups excluding carboxylic acids is 1. The minimum absolute atomic E-state index is 0.122. The number of aromatic nitrogens is 3. The van der Waals surface area contributed by atoms with E-state index in [1.54, 1.807) is 19.3 Å². The number of nitrogens with one attached hydrogen (secondary N) is 1. The number of piperazine rings is 1. The lowest BCUT2D eigenvalue weighted by atomic mass is 10.2. The molecule has 0 bridgehead atoms. The van der Waals surface area contributed by atoms with Crippen molar-refractivity contribution in [2.45, 2.75) is 13.5 Å². The highest BCUT2D eigenvalue weighted by molar-refractivity contribution is 5.73. The Balaban J connectivity index is 1.59. The zero-order chi connectivity index (χ0) is 20.1. The summed E-state index contributed by atoms with van der Waals surface area (Å²) in [6.45, 7) is 5.21. The molecule has 4 rings (SSSR count). The maximum Gasteiger partial charge on any atom is 0.219 e. The van der Waals surface area contributed by atoms with Gasteiger partial charge in [-0.15, -0.1) is 0 Å². The van der Waals surface area contributed by atoms with Gasteiger partial charge in [-0.2, -0.15) is 0 Å². The van der Waals surface area contributed by atoms with E-state index in [-0.39, 0.29) is 5.91 Å². The van der Waals surface area contributed by atoms with Crippen LogP contribution in [0.1, 0.15) is 12.5 Å². The standard InChI is InChI=1S/C22H24N6O/c1-17(29)27-11-13-28(14-12-27)21-15-20(24-16-18-7-9-23-10-8-18)25-22(26-21)19-5-3-2-4-6-19/h2-10,15H,11-14,16H2,1H3,(H,24,25,26). The summed E-state index contributed by atoms with van der Waals surface area (Å²) in [4.78, 5) is 29.3. The molecule has 1 saturated heterocycles. The van der Waals surface area contributed by atoms with Gasteiger partial charge < -0.3 is 15.1 Å². The molecule has 1 amide bonds. The Labute approximate surface area is 170 Å². The van der Waals surface area contributed by atoms with E-state index < -0.39 is 0 Å². The van der Waals surface area contributed by atoms with Gasteiger partial charge in [0.2, 0.25) is 5.91 Å². The maximum absolute atomic E-state index is 11.6. The third kappa shape index (κ3) is 4.68. The molecule has 1 fully saturated rings. The fourth-order valence-electron chi connectivity index (χ4n) is 3.35. The number of carbonyl (C=O) groups is 1. The summed E-state index contributed by atoms with van der Waals surface area (Å²) in [7, 11) is 0. The molecule has 0 atom stereocenters. The molecule has 3 heterocycles. The number of nitrogens with zero attached hydrogens (tertiary/aromatic N) is 5. The quantitative estimate of drug-likeness (QED) is 0.725. The molecule has 2 aromatic heterocycles. The molecule has 1 aliphatic heterocycles. The number of hydrogen-bond acceptors (Lipinski definition) is 6. The van der Waals surface area contributed by atoms with Crippen molar-refractivity contribution in [1.82, 2.24) is 19.9 Å². The average molecular weight is 388 g/mol. The number of amides is 1. The minimum Gasteiger partial charge on any atom is -0.366 e. The first-order valence-corrected chi connectivity index (χ1v) is 9.77. The Morgan fingerprint density at radius 1 is 1.00 bits per heavy atom. The van der Waals surface area contributed by atoms with Crippen molar-refractivity contribution in [3.05, 3.63) is 66.5 Å². The largest absolute Gasteiger partial charge is 0.366 e. The first-order valence-electron chi connectivity index (χ1n) is 9.77. The number of benzene rings is 1. The number of hydrogen-bond donors (Lipinski definition) is 1. The summed E-state index contributed by atoms with van der Waals surface area (Å²) < 4.78 is 0. The maximum atomic E-state index is 11.6. The average Bonchev–Trinajstić information content (AvgIpc) is 2.79. The molecule has 0 radical (unpaired) electrons. The van der Waals surface area contributed by atoms with Gasteiger partial charge in [0, 0.05) is 63.7 Å². The van der Waals surface area contributed by atoms with Crippen LogP contribution in [-0.4, -0.2) is 51.9 Å². The van der Waals surface area contributed by atoms with Crippen LogP contribution in [0.25, 0.3) is 11.4 Å². The highest BCUT2D eigenvalue weighted by atomic mass is 16.2. The van der Waals surface area contributed by atoms with Crippen LogP contribution < -0.4 is 10.2 Å². The molecule has 0 unspecified atom stereocenters. The Bertz CT molecular complexity index is 956. The molecule has 7 nitrogen and oxygen atoms in total. The molecular formula is C22H24N6O. The van der Waals surface area contributed by atoms with Crippen molar-refractivity contribution >= 4 is 17.5 Å². The summed E-state index contributed by atoms with van der Waals surface area (Å²) in [5, 5.41) is 3.41. The molecule has 1 N–H and O–H groups in total. The van der Waals surface area contributed by atoms with Crippen LogP contribution in [0.4, 0.5) is 11.6 Å². The van der Waals surface area contributed by atoms with Crippen LogP contribution in [0, 0.1) is 0 Å². The van der Waals surface area contributed by atoms with E-state index in [1.807, 2.05) is 53.4 Å². The molecule has 29 heavy (non-hydrogen) atoms. The van der Waals surface area contributed by atoms with Gasteiger partial charge in [0.05, 0.1) is 0 Å². The fourth-order valence-corrected chi connectivity index (χ4v) is 3.35. The summed E-state index contributed by atoms with van der Waals surface area (Å²) in [5.74, 6) is 2.46. The minimum atomic E-state index is 0.122. The van der Waals surface area contributed by atoms with E-state index in [0.29, 0.717) is 25.5 Å².